The molecular formula is C16H9ClF2N2S. The average Bonchev–Trinajstić information content (AvgIpc) is 2.91. The summed E-state index contributed by atoms with van der Waals surface area (Å²) in [5.41, 5.74) is 1.61. The van der Waals surface area contributed by atoms with E-state index in [1.54, 1.807) is 6.07 Å². The molecule has 0 aliphatic rings. The van der Waals surface area contributed by atoms with Gasteiger partial charge in [0.05, 0.1) is 22.2 Å². The van der Waals surface area contributed by atoms with Crippen molar-refractivity contribution in [2.24, 2.45) is 0 Å². The fourth-order valence-corrected chi connectivity index (χ4v) is 3.46. The number of hydrogen-bond acceptors (Lipinski definition) is 3. The van der Waals surface area contributed by atoms with Gasteiger partial charge in [0.25, 0.3) is 0 Å². The Kier molecular flexibility index (Phi) is 4.06. The second-order valence-corrected chi connectivity index (χ2v) is 6.21. The molecule has 1 aromatic heterocycles. The number of rotatable bonds is 3. The van der Waals surface area contributed by atoms with Crippen molar-refractivity contribution < 1.29 is 8.78 Å². The summed E-state index contributed by atoms with van der Waals surface area (Å²) in [6, 6.07) is 10.1. The number of fused-ring (bicyclic) bond motifs is 1. The molecule has 2 aromatic carbocycles. The zero-order chi connectivity index (χ0) is 15.7. The summed E-state index contributed by atoms with van der Waals surface area (Å²) < 4.78 is 27.5. The largest absolute Gasteiger partial charge is 0.238 e. The predicted molar refractivity (Wildman–Crippen MR) is 83.1 cm³/mol. The maximum absolute atomic E-state index is 13.7. The third-order valence-corrected chi connectivity index (χ3v) is 4.77. The standard InChI is InChI=1S/C16H9ClF2N2S/c17-14-9(6-7-20)2-1-3-10(14)8-13-21-16-12(22-13)5-4-11(18)15(16)19/h1-5H,6,8H2. The Morgan fingerprint density at radius 3 is 2.73 bits per heavy atom. The third-order valence-electron chi connectivity index (χ3n) is 3.27. The molecule has 0 spiro atoms. The maximum Gasteiger partial charge on any atom is 0.185 e. The van der Waals surface area contributed by atoms with Crippen molar-refractivity contribution in [3.63, 3.8) is 0 Å². The summed E-state index contributed by atoms with van der Waals surface area (Å²) in [5.74, 6) is -1.83. The molecule has 0 N–H and O–H groups in total. The monoisotopic (exact) mass is 334 g/mol. The topological polar surface area (TPSA) is 36.7 Å². The first kappa shape index (κ1) is 14.9. The zero-order valence-electron chi connectivity index (χ0n) is 11.2. The van der Waals surface area contributed by atoms with E-state index in [1.807, 2.05) is 12.1 Å². The van der Waals surface area contributed by atoms with Crippen molar-refractivity contribution in [1.29, 1.82) is 5.26 Å². The van der Waals surface area contributed by atoms with Crippen molar-refractivity contribution in [3.05, 3.63) is 63.1 Å². The molecule has 6 heteroatoms. The molecule has 0 radical (unpaired) electrons. The lowest BCUT2D eigenvalue weighted by molar-refractivity contribution is 0.515. The molecule has 0 fully saturated rings. The molecule has 1 heterocycles. The Morgan fingerprint density at radius 1 is 1.18 bits per heavy atom. The summed E-state index contributed by atoms with van der Waals surface area (Å²) in [7, 11) is 0. The number of halogens is 3. The number of benzene rings is 2. The van der Waals surface area contributed by atoms with Gasteiger partial charge < -0.3 is 0 Å². The van der Waals surface area contributed by atoms with E-state index in [0.29, 0.717) is 21.2 Å². The van der Waals surface area contributed by atoms with E-state index in [0.717, 1.165) is 17.2 Å². The number of nitrogens with zero attached hydrogens (tertiary/aromatic N) is 2. The zero-order valence-corrected chi connectivity index (χ0v) is 12.8. The van der Waals surface area contributed by atoms with Crippen LogP contribution in [0, 0.1) is 23.0 Å². The van der Waals surface area contributed by atoms with E-state index >= 15 is 0 Å². The molecule has 0 saturated heterocycles. The highest BCUT2D eigenvalue weighted by Gasteiger charge is 2.14. The van der Waals surface area contributed by atoms with Crippen molar-refractivity contribution in [2.45, 2.75) is 12.8 Å². The van der Waals surface area contributed by atoms with Gasteiger partial charge in [-0.25, -0.2) is 13.8 Å². The molecule has 0 bridgehead atoms. The second kappa shape index (κ2) is 5.99. The Labute approximate surface area is 134 Å². The van der Waals surface area contributed by atoms with Crippen LogP contribution in [0.2, 0.25) is 5.02 Å². The predicted octanol–water partition coefficient (Wildman–Crippen LogP) is 4.88. The maximum atomic E-state index is 13.7. The lowest BCUT2D eigenvalue weighted by atomic mass is 10.1. The van der Waals surface area contributed by atoms with Crippen molar-refractivity contribution in [2.75, 3.05) is 0 Å². The van der Waals surface area contributed by atoms with Crippen LogP contribution < -0.4 is 0 Å². The molecule has 0 saturated carbocycles. The highest BCUT2D eigenvalue weighted by Crippen LogP contribution is 2.30. The van der Waals surface area contributed by atoms with Crippen LogP contribution in [-0.4, -0.2) is 4.98 Å². The first-order chi connectivity index (χ1) is 10.6. The van der Waals surface area contributed by atoms with Gasteiger partial charge in [-0.3, -0.25) is 0 Å². The molecule has 2 nitrogen and oxygen atoms in total. The third kappa shape index (κ3) is 2.68. The summed E-state index contributed by atoms with van der Waals surface area (Å²) in [5, 5.41) is 9.95. The Morgan fingerprint density at radius 2 is 1.95 bits per heavy atom. The summed E-state index contributed by atoms with van der Waals surface area (Å²) >= 11 is 7.59. The first-order valence-corrected chi connectivity index (χ1v) is 7.66. The number of aromatic nitrogens is 1. The van der Waals surface area contributed by atoms with Gasteiger partial charge in [-0.05, 0) is 23.3 Å². The van der Waals surface area contributed by atoms with Gasteiger partial charge >= 0.3 is 0 Å². The van der Waals surface area contributed by atoms with Crippen molar-refractivity contribution >= 4 is 33.2 Å². The van der Waals surface area contributed by atoms with Crippen molar-refractivity contribution in [3.8, 4) is 6.07 Å². The van der Waals surface area contributed by atoms with Crippen LogP contribution >= 0.6 is 22.9 Å². The second-order valence-electron chi connectivity index (χ2n) is 4.72. The highest BCUT2D eigenvalue weighted by atomic mass is 35.5. The van der Waals surface area contributed by atoms with E-state index in [-0.39, 0.29) is 11.9 Å². The number of hydrogen-bond donors (Lipinski definition) is 0. The van der Waals surface area contributed by atoms with Crippen LogP contribution in [0.25, 0.3) is 10.2 Å². The summed E-state index contributed by atoms with van der Waals surface area (Å²) in [6.45, 7) is 0. The van der Waals surface area contributed by atoms with Crippen LogP contribution in [0.3, 0.4) is 0 Å². The Bertz CT molecular complexity index is 899. The minimum Gasteiger partial charge on any atom is -0.238 e. The SMILES string of the molecule is N#CCc1cccc(Cc2nc3c(F)c(F)ccc3s2)c1Cl. The van der Waals surface area contributed by atoms with Gasteiger partial charge in [-0.2, -0.15) is 5.26 Å². The summed E-state index contributed by atoms with van der Waals surface area (Å²) in [6.07, 6.45) is 0.644. The minimum absolute atomic E-state index is 0.0456. The lowest BCUT2D eigenvalue weighted by Crippen LogP contribution is -1.93. The fourth-order valence-electron chi connectivity index (χ4n) is 2.21. The average molecular weight is 335 g/mol. The normalized spacial score (nSPS) is 10.8. The van der Waals surface area contributed by atoms with E-state index in [4.69, 9.17) is 16.9 Å². The fraction of sp³-hybridized carbons (Fsp3) is 0.125. The Hall–Kier alpha value is -2.03. The first-order valence-electron chi connectivity index (χ1n) is 6.46. The molecule has 0 aliphatic carbocycles. The molecule has 0 unspecified atom stereocenters. The molecule has 110 valence electrons. The van der Waals surface area contributed by atoms with Crippen LogP contribution in [0.5, 0.6) is 0 Å². The summed E-state index contributed by atoms with van der Waals surface area (Å²) in [4.78, 5) is 4.17. The van der Waals surface area contributed by atoms with Gasteiger partial charge in [0.1, 0.15) is 5.52 Å². The van der Waals surface area contributed by atoms with Gasteiger partial charge in [0.15, 0.2) is 11.6 Å². The Balaban J connectivity index is 1.99. The number of nitriles is 1. The quantitative estimate of drug-likeness (QED) is 0.684. The molecule has 0 atom stereocenters. The lowest BCUT2D eigenvalue weighted by Gasteiger charge is -2.05. The van der Waals surface area contributed by atoms with Gasteiger partial charge in [0.2, 0.25) is 0 Å². The highest BCUT2D eigenvalue weighted by molar-refractivity contribution is 7.18. The molecule has 3 aromatic rings. The van der Waals surface area contributed by atoms with Crippen LogP contribution in [0.15, 0.2) is 30.3 Å². The smallest absolute Gasteiger partial charge is 0.185 e. The molecule has 0 amide bonds. The molecule has 3 rings (SSSR count). The minimum atomic E-state index is -0.927. The van der Waals surface area contributed by atoms with Gasteiger partial charge in [0, 0.05) is 11.4 Å². The van der Waals surface area contributed by atoms with Crippen LogP contribution in [-0.2, 0) is 12.8 Å². The number of thiazole rings is 1. The van der Waals surface area contributed by atoms with E-state index in [2.05, 4.69) is 11.1 Å². The molecular weight excluding hydrogens is 326 g/mol. The van der Waals surface area contributed by atoms with Crippen molar-refractivity contribution in [1.82, 2.24) is 4.98 Å². The molecule has 22 heavy (non-hydrogen) atoms. The van der Waals surface area contributed by atoms with E-state index in [9.17, 15) is 8.78 Å². The van der Waals surface area contributed by atoms with Gasteiger partial charge in [-0.15, -0.1) is 11.3 Å². The van der Waals surface area contributed by atoms with Crippen LogP contribution in [0.1, 0.15) is 16.1 Å². The molecule has 0 aliphatic heterocycles. The van der Waals surface area contributed by atoms with Crippen LogP contribution in [0.4, 0.5) is 8.78 Å². The van der Waals surface area contributed by atoms with Gasteiger partial charge in [-0.1, -0.05) is 29.8 Å². The van der Waals surface area contributed by atoms with E-state index in [1.165, 1.54) is 17.4 Å². The van der Waals surface area contributed by atoms with E-state index < -0.39 is 11.6 Å².